The molecular formula is C12H14N4OS. The first kappa shape index (κ1) is 11.4. The van der Waals surface area contributed by atoms with Crippen LogP contribution >= 0.6 is 11.3 Å². The zero-order valence-corrected chi connectivity index (χ0v) is 10.7. The second-order valence-electron chi connectivity index (χ2n) is 4.52. The van der Waals surface area contributed by atoms with E-state index in [2.05, 4.69) is 14.9 Å². The van der Waals surface area contributed by atoms with E-state index in [-0.39, 0.29) is 11.8 Å². The molecule has 3 heterocycles. The minimum Gasteiger partial charge on any atom is -0.369 e. The van der Waals surface area contributed by atoms with Gasteiger partial charge in [0.1, 0.15) is 12.1 Å². The van der Waals surface area contributed by atoms with Crippen LogP contribution in [0.5, 0.6) is 0 Å². The molecule has 0 spiro atoms. The predicted molar refractivity (Wildman–Crippen MR) is 71.5 cm³/mol. The summed E-state index contributed by atoms with van der Waals surface area (Å²) in [5.74, 6) is 0.654. The van der Waals surface area contributed by atoms with Gasteiger partial charge in [-0.25, -0.2) is 9.97 Å². The van der Waals surface area contributed by atoms with Crippen LogP contribution in [0.4, 0.5) is 5.82 Å². The minimum absolute atomic E-state index is 0.0660. The zero-order valence-electron chi connectivity index (χ0n) is 9.87. The molecule has 6 heteroatoms. The highest BCUT2D eigenvalue weighted by Crippen LogP contribution is 2.30. The first-order chi connectivity index (χ1) is 8.75. The summed E-state index contributed by atoms with van der Waals surface area (Å²) < 4.78 is 1.09. The standard InChI is InChI=1S/C12H14N4OS/c13-11(17)8-2-1-4-16(6-8)12-10-9(3-5-18-10)14-7-15-12/h3,5,7-8H,1-2,4,6H2,(H2,13,17)/t8-/m1/s1. The molecule has 1 aliphatic heterocycles. The highest BCUT2D eigenvalue weighted by Gasteiger charge is 2.25. The van der Waals surface area contributed by atoms with Gasteiger partial charge in [-0.2, -0.15) is 0 Å². The maximum atomic E-state index is 11.3. The number of carbonyl (C=O) groups is 1. The van der Waals surface area contributed by atoms with E-state index in [4.69, 9.17) is 5.73 Å². The fourth-order valence-electron chi connectivity index (χ4n) is 2.40. The third-order valence-electron chi connectivity index (χ3n) is 3.35. The number of fused-ring (bicyclic) bond motifs is 1. The number of carbonyl (C=O) groups excluding carboxylic acids is 1. The van der Waals surface area contributed by atoms with Crippen LogP contribution in [0.2, 0.25) is 0 Å². The molecule has 0 unspecified atom stereocenters. The number of hydrogen-bond donors (Lipinski definition) is 1. The molecule has 2 aromatic rings. The number of thiophene rings is 1. The highest BCUT2D eigenvalue weighted by molar-refractivity contribution is 7.17. The van der Waals surface area contributed by atoms with Gasteiger partial charge >= 0.3 is 0 Å². The molecule has 1 fully saturated rings. The smallest absolute Gasteiger partial charge is 0.222 e. The van der Waals surface area contributed by atoms with Crippen molar-refractivity contribution in [3.63, 3.8) is 0 Å². The van der Waals surface area contributed by atoms with Crippen LogP contribution in [0.3, 0.4) is 0 Å². The van der Waals surface area contributed by atoms with Crippen LogP contribution in [-0.2, 0) is 4.79 Å². The second kappa shape index (κ2) is 4.53. The van der Waals surface area contributed by atoms with Crippen molar-refractivity contribution in [3.05, 3.63) is 17.8 Å². The van der Waals surface area contributed by atoms with Crippen molar-refractivity contribution in [1.29, 1.82) is 0 Å². The van der Waals surface area contributed by atoms with Gasteiger partial charge in [-0.3, -0.25) is 4.79 Å². The van der Waals surface area contributed by atoms with Gasteiger partial charge in [0.2, 0.25) is 5.91 Å². The Morgan fingerprint density at radius 3 is 3.22 bits per heavy atom. The molecule has 0 radical (unpaired) electrons. The van der Waals surface area contributed by atoms with E-state index in [1.807, 2.05) is 11.4 Å². The van der Waals surface area contributed by atoms with Crippen molar-refractivity contribution in [2.75, 3.05) is 18.0 Å². The molecule has 0 aliphatic carbocycles. The van der Waals surface area contributed by atoms with E-state index in [0.717, 1.165) is 35.4 Å². The molecule has 2 aromatic heterocycles. The third-order valence-corrected chi connectivity index (χ3v) is 4.25. The Balaban J connectivity index is 1.94. The molecular weight excluding hydrogens is 248 g/mol. The normalized spacial score (nSPS) is 20.2. The Kier molecular flexibility index (Phi) is 2.87. The van der Waals surface area contributed by atoms with Crippen LogP contribution in [-0.4, -0.2) is 29.0 Å². The third kappa shape index (κ3) is 1.92. The summed E-state index contributed by atoms with van der Waals surface area (Å²) in [6, 6.07) is 1.99. The molecule has 0 saturated carbocycles. The van der Waals surface area contributed by atoms with Crippen LogP contribution in [0.25, 0.3) is 10.2 Å². The van der Waals surface area contributed by atoms with Gasteiger partial charge in [0.05, 0.1) is 16.1 Å². The number of hydrogen-bond acceptors (Lipinski definition) is 5. The van der Waals surface area contributed by atoms with Gasteiger partial charge in [0, 0.05) is 13.1 Å². The molecule has 5 nitrogen and oxygen atoms in total. The molecule has 3 rings (SSSR count). The Bertz CT molecular complexity index is 582. The Morgan fingerprint density at radius 2 is 2.39 bits per heavy atom. The van der Waals surface area contributed by atoms with Crippen molar-refractivity contribution in [1.82, 2.24) is 9.97 Å². The van der Waals surface area contributed by atoms with E-state index in [9.17, 15) is 4.79 Å². The van der Waals surface area contributed by atoms with Crippen molar-refractivity contribution in [3.8, 4) is 0 Å². The lowest BCUT2D eigenvalue weighted by atomic mass is 9.97. The van der Waals surface area contributed by atoms with E-state index in [0.29, 0.717) is 6.54 Å². The lowest BCUT2D eigenvalue weighted by molar-refractivity contribution is -0.122. The van der Waals surface area contributed by atoms with E-state index in [1.54, 1.807) is 17.7 Å². The summed E-state index contributed by atoms with van der Waals surface area (Å²) in [5.41, 5.74) is 6.37. The maximum Gasteiger partial charge on any atom is 0.222 e. The monoisotopic (exact) mass is 262 g/mol. The number of anilines is 1. The van der Waals surface area contributed by atoms with Crippen LogP contribution < -0.4 is 10.6 Å². The van der Waals surface area contributed by atoms with Crippen LogP contribution in [0.1, 0.15) is 12.8 Å². The van der Waals surface area contributed by atoms with Gasteiger partial charge in [-0.1, -0.05) is 0 Å². The number of aromatic nitrogens is 2. The van der Waals surface area contributed by atoms with Crippen LogP contribution in [0, 0.1) is 5.92 Å². The molecule has 0 aromatic carbocycles. The van der Waals surface area contributed by atoms with Crippen molar-refractivity contribution >= 4 is 33.3 Å². The first-order valence-electron chi connectivity index (χ1n) is 5.98. The van der Waals surface area contributed by atoms with E-state index in [1.165, 1.54) is 0 Å². The fourth-order valence-corrected chi connectivity index (χ4v) is 3.26. The number of nitrogens with two attached hydrogens (primary N) is 1. The van der Waals surface area contributed by atoms with E-state index < -0.39 is 0 Å². The summed E-state index contributed by atoms with van der Waals surface area (Å²) in [5, 5.41) is 2.01. The van der Waals surface area contributed by atoms with Gasteiger partial charge in [-0.05, 0) is 24.3 Å². The topological polar surface area (TPSA) is 72.1 Å². The summed E-state index contributed by atoms with van der Waals surface area (Å²) >= 11 is 1.63. The zero-order chi connectivity index (χ0) is 12.5. The van der Waals surface area contributed by atoms with Crippen LogP contribution in [0.15, 0.2) is 17.8 Å². The Morgan fingerprint density at radius 1 is 1.50 bits per heavy atom. The average Bonchev–Trinajstić information content (AvgIpc) is 2.87. The molecule has 1 saturated heterocycles. The number of primary amides is 1. The minimum atomic E-state index is -0.212. The van der Waals surface area contributed by atoms with Gasteiger partial charge in [-0.15, -0.1) is 11.3 Å². The molecule has 94 valence electrons. The van der Waals surface area contributed by atoms with Gasteiger partial charge in [0.25, 0.3) is 0 Å². The summed E-state index contributed by atoms with van der Waals surface area (Å²) in [6.45, 7) is 1.59. The van der Waals surface area contributed by atoms with Gasteiger partial charge in [0.15, 0.2) is 0 Å². The number of nitrogens with zero attached hydrogens (tertiary/aromatic N) is 3. The quantitative estimate of drug-likeness (QED) is 0.887. The fraction of sp³-hybridized carbons (Fsp3) is 0.417. The SMILES string of the molecule is NC(=O)[C@@H]1CCCN(c2ncnc3ccsc23)C1. The summed E-state index contributed by atoms with van der Waals surface area (Å²) in [4.78, 5) is 22.1. The van der Waals surface area contributed by atoms with Crippen molar-refractivity contribution in [2.24, 2.45) is 11.7 Å². The Hall–Kier alpha value is -1.69. The first-order valence-corrected chi connectivity index (χ1v) is 6.86. The van der Waals surface area contributed by atoms with E-state index >= 15 is 0 Å². The second-order valence-corrected chi connectivity index (χ2v) is 5.44. The molecule has 18 heavy (non-hydrogen) atoms. The predicted octanol–water partition coefficient (Wildman–Crippen LogP) is 1.39. The molecule has 2 N–H and O–H groups in total. The lowest BCUT2D eigenvalue weighted by Gasteiger charge is -2.32. The number of rotatable bonds is 2. The summed E-state index contributed by atoms with van der Waals surface area (Å²) in [6.07, 6.45) is 3.44. The van der Waals surface area contributed by atoms with Gasteiger partial charge < -0.3 is 10.6 Å². The van der Waals surface area contributed by atoms with Crippen molar-refractivity contribution in [2.45, 2.75) is 12.8 Å². The largest absolute Gasteiger partial charge is 0.369 e. The average molecular weight is 262 g/mol. The lowest BCUT2D eigenvalue weighted by Crippen LogP contribution is -2.41. The molecule has 0 bridgehead atoms. The molecule has 1 aliphatic rings. The molecule has 1 amide bonds. The number of piperidine rings is 1. The highest BCUT2D eigenvalue weighted by atomic mass is 32.1. The molecule has 1 atom stereocenters. The Labute approximate surface area is 109 Å². The maximum absolute atomic E-state index is 11.3. The number of amides is 1. The summed E-state index contributed by atoms with van der Waals surface area (Å²) in [7, 11) is 0. The van der Waals surface area contributed by atoms with Crippen molar-refractivity contribution < 1.29 is 4.79 Å².